The fourth-order valence-corrected chi connectivity index (χ4v) is 3.85. The van der Waals surface area contributed by atoms with Crippen LogP contribution in [0.2, 0.25) is 0 Å². The van der Waals surface area contributed by atoms with Gasteiger partial charge in [-0.15, -0.1) is 0 Å². The summed E-state index contributed by atoms with van der Waals surface area (Å²) in [6.45, 7) is 0. The second-order valence-electron chi connectivity index (χ2n) is 7.78. The van der Waals surface area contributed by atoms with Gasteiger partial charge in [0.2, 0.25) is 5.88 Å². The minimum absolute atomic E-state index is 0.00601. The summed E-state index contributed by atoms with van der Waals surface area (Å²) in [5.41, 5.74) is 2.63. The molecule has 1 N–H and O–H groups in total. The second kappa shape index (κ2) is 9.44. The number of amides is 1. The summed E-state index contributed by atoms with van der Waals surface area (Å²) >= 11 is 0. The maximum atomic E-state index is 13.0. The van der Waals surface area contributed by atoms with Crippen LogP contribution in [0.5, 0.6) is 0 Å². The van der Waals surface area contributed by atoms with Crippen molar-refractivity contribution in [3.05, 3.63) is 118 Å². The van der Waals surface area contributed by atoms with Crippen LogP contribution in [0.4, 0.5) is 11.6 Å². The molecule has 0 saturated heterocycles. The molecule has 0 bridgehead atoms. The highest BCUT2D eigenvalue weighted by Gasteiger charge is 2.25. The molecular weight excluding hydrogens is 458 g/mol. The first-order valence-corrected chi connectivity index (χ1v) is 10.9. The van der Waals surface area contributed by atoms with E-state index in [1.165, 1.54) is 24.3 Å². The van der Waals surface area contributed by atoms with Crippen molar-refractivity contribution in [2.75, 3.05) is 5.32 Å². The van der Waals surface area contributed by atoms with Gasteiger partial charge in [0.25, 0.3) is 11.6 Å². The number of nitro groups is 1. The molecule has 0 fully saturated rings. The second-order valence-corrected chi connectivity index (χ2v) is 7.78. The van der Waals surface area contributed by atoms with E-state index in [0.717, 1.165) is 11.1 Å². The number of anilines is 1. The lowest BCUT2D eigenvalue weighted by Crippen LogP contribution is -2.11. The number of non-ortho nitro benzene ring substituents is 1. The van der Waals surface area contributed by atoms with E-state index in [-0.39, 0.29) is 22.9 Å². The highest BCUT2D eigenvalue weighted by atomic mass is 16.6. The Morgan fingerprint density at radius 1 is 0.833 bits per heavy atom. The molecule has 0 radical (unpaired) electrons. The monoisotopic (exact) mass is 475 g/mol. The molecule has 0 saturated carbocycles. The number of hydrogen-bond acceptors (Lipinski definition) is 6. The topological polar surface area (TPSA) is 122 Å². The zero-order valence-corrected chi connectivity index (χ0v) is 18.7. The van der Waals surface area contributed by atoms with Crippen molar-refractivity contribution in [2.45, 2.75) is 0 Å². The molecule has 0 aliphatic heterocycles. The molecule has 0 aliphatic rings. The number of hydrogen-bond donors (Lipinski definition) is 1. The summed E-state index contributed by atoms with van der Waals surface area (Å²) in [5, 5.41) is 23.7. The number of rotatable bonds is 6. The van der Waals surface area contributed by atoms with Crippen LogP contribution in [-0.4, -0.2) is 10.8 Å². The Hall–Kier alpha value is -5.42. The van der Waals surface area contributed by atoms with Gasteiger partial charge in [-0.05, 0) is 17.7 Å². The van der Waals surface area contributed by atoms with Crippen LogP contribution in [-0.2, 0) is 0 Å². The zero-order chi connectivity index (χ0) is 25.1. The first-order chi connectivity index (χ1) is 17.5. The maximum absolute atomic E-state index is 13.0. The molecule has 2 aromatic heterocycles. The first kappa shape index (κ1) is 22.4. The maximum Gasteiger partial charge on any atom is 0.293 e. The summed E-state index contributed by atoms with van der Waals surface area (Å²) in [5.74, 6) is 0.0631. The van der Waals surface area contributed by atoms with E-state index in [2.05, 4.69) is 11.4 Å². The van der Waals surface area contributed by atoms with Crippen LogP contribution in [0.15, 0.2) is 106 Å². The highest BCUT2D eigenvalue weighted by Crippen LogP contribution is 2.41. The Kier molecular flexibility index (Phi) is 5.87. The van der Waals surface area contributed by atoms with Gasteiger partial charge in [-0.2, -0.15) is 5.26 Å². The Morgan fingerprint density at radius 3 is 2.17 bits per heavy atom. The van der Waals surface area contributed by atoms with E-state index >= 15 is 0 Å². The average Bonchev–Trinajstić information content (AvgIpc) is 3.55. The lowest BCUT2D eigenvalue weighted by Gasteiger charge is -2.03. The van der Waals surface area contributed by atoms with Crippen LogP contribution in [0.25, 0.3) is 33.8 Å². The average molecular weight is 475 g/mol. The van der Waals surface area contributed by atoms with Crippen molar-refractivity contribution in [3.63, 3.8) is 0 Å². The Labute approximate surface area is 205 Å². The van der Waals surface area contributed by atoms with Crippen LogP contribution in [0.1, 0.15) is 16.1 Å². The molecular formula is C28H17N3O5. The summed E-state index contributed by atoms with van der Waals surface area (Å²) in [4.78, 5) is 23.6. The quantitative estimate of drug-likeness (QED) is 0.210. The highest BCUT2D eigenvalue weighted by molar-refractivity contribution is 6.04. The molecule has 8 nitrogen and oxygen atoms in total. The number of furan rings is 2. The molecule has 36 heavy (non-hydrogen) atoms. The van der Waals surface area contributed by atoms with Gasteiger partial charge in [-0.3, -0.25) is 20.2 Å². The molecule has 0 atom stereocenters. The standard InChI is InChI=1S/C28H17N3O5/c29-17-22-25(18-8-3-1-4-9-18)26(19-10-5-2-6-11-19)36-28(22)30-27(32)24-15-14-23(35-24)20-12-7-13-21(16-20)31(33)34/h1-16H,(H,30,32). The molecule has 0 aliphatic carbocycles. The minimum atomic E-state index is -0.629. The summed E-state index contributed by atoms with van der Waals surface area (Å²) in [7, 11) is 0. The molecule has 5 rings (SSSR count). The predicted octanol–water partition coefficient (Wildman–Crippen LogP) is 6.91. The van der Waals surface area contributed by atoms with Crippen molar-refractivity contribution in [1.82, 2.24) is 0 Å². The van der Waals surface area contributed by atoms with Gasteiger partial charge in [0.15, 0.2) is 5.76 Å². The lowest BCUT2D eigenvalue weighted by molar-refractivity contribution is -0.384. The summed E-state index contributed by atoms with van der Waals surface area (Å²) < 4.78 is 11.7. The smallest absolute Gasteiger partial charge is 0.293 e. The molecule has 5 aromatic rings. The molecule has 174 valence electrons. The van der Waals surface area contributed by atoms with E-state index in [1.54, 1.807) is 12.1 Å². The third-order valence-corrected chi connectivity index (χ3v) is 5.52. The van der Waals surface area contributed by atoms with E-state index in [0.29, 0.717) is 22.6 Å². The van der Waals surface area contributed by atoms with Gasteiger partial charge in [0, 0.05) is 28.8 Å². The minimum Gasteiger partial charge on any atom is -0.451 e. The van der Waals surface area contributed by atoms with Crippen LogP contribution < -0.4 is 5.32 Å². The van der Waals surface area contributed by atoms with Gasteiger partial charge < -0.3 is 8.83 Å². The molecule has 0 unspecified atom stereocenters. The van der Waals surface area contributed by atoms with Crippen molar-refractivity contribution in [1.29, 1.82) is 5.26 Å². The largest absolute Gasteiger partial charge is 0.451 e. The van der Waals surface area contributed by atoms with E-state index in [9.17, 15) is 20.2 Å². The van der Waals surface area contributed by atoms with Gasteiger partial charge in [-0.25, -0.2) is 0 Å². The van der Waals surface area contributed by atoms with Gasteiger partial charge in [-0.1, -0.05) is 72.8 Å². The first-order valence-electron chi connectivity index (χ1n) is 10.9. The fraction of sp³-hybridized carbons (Fsp3) is 0. The number of nitro benzene ring substituents is 1. The van der Waals surface area contributed by atoms with Crippen molar-refractivity contribution >= 4 is 17.5 Å². The van der Waals surface area contributed by atoms with Crippen molar-refractivity contribution in [2.24, 2.45) is 0 Å². The Morgan fingerprint density at radius 2 is 1.50 bits per heavy atom. The number of carbonyl (C=O) groups is 1. The molecule has 8 heteroatoms. The summed E-state index contributed by atoms with van der Waals surface area (Å²) in [6, 6.07) is 29.7. The number of nitriles is 1. The lowest BCUT2D eigenvalue weighted by atomic mass is 9.98. The van der Waals surface area contributed by atoms with Crippen LogP contribution in [0.3, 0.4) is 0 Å². The molecule has 3 aromatic carbocycles. The molecule has 0 spiro atoms. The fourth-order valence-electron chi connectivity index (χ4n) is 3.85. The molecule has 2 heterocycles. The molecule has 1 amide bonds. The third-order valence-electron chi connectivity index (χ3n) is 5.52. The van der Waals surface area contributed by atoms with E-state index in [4.69, 9.17) is 8.83 Å². The van der Waals surface area contributed by atoms with E-state index < -0.39 is 10.8 Å². The third kappa shape index (κ3) is 4.24. The van der Waals surface area contributed by atoms with E-state index in [1.807, 2.05) is 60.7 Å². The van der Waals surface area contributed by atoms with Crippen molar-refractivity contribution in [3.8, 4) is 39.8 Å². The number of carbonyl (C=O) groups excluding carboxylic acids is 1. The normalized spacial score (nSPS) is 10.5. The van der Waals surface area contributed by atoms with Gasteiger partial charge >= 0.3 is 0 Å². The number of nitrogens with one attached hydrogen (secondary N) is 1. The Bertz CT molecular complexity index is 1610. The summed E-state index contributed by atoms with van der Waals surface area (Å²) in [6.07, 6.45) is 0. The van der Waals surface area contributed by atoms with Gasteiger partial charge in [0.1, 0.15) is 23.2 Å². The number of benzene rings is 3. The predicted molar refractivity (Wildman–Crippen MR) is 133 cm³/mol. The van der Waals surface area contributed by atoms with Gasteiger partial charge in [0.05, 0.1) is 4.92 Å². The number of nitrogens with zero attached hydrogens (tertiary/aromatic N) is 2. The van der Waals surface area contributed by atoms with Crippen LogP contribution in [0, 0.1) is 21.4 Å². The van der Waals surface area contributed by atoms with Crippen LogP contribution >= 0.6 is 0 Å². The SMILES string of the molecule is N#Cc1c(NC(=O)c2ccc(-c3cccc([N+](=O)[O-])c3)o2)oc(-c2ccccc2)c1-c1ccccc1. The zero-order valence-electron chi connectivity index (χ0n) is 18.7. The Balaban J connectivity index is 1.51. The van der Waals surface area contributed by atoms with Crippen molar-refractivity contribution < 1.29 is 18.6 Å².